The molecule has 21 heavy (non-hydrogen) atoms. The van der Waals surface area contributed by atoms with E-state index < -0.39 is 11.9 Å². The molecule has 2 N–H and O–H groups in total. The highest BCUT2D eigenvalue weighted by molar-refractivity contribution is 8.04. The van der Waals surface area contributed by atoms with E-state index in [4.69, 9.17) is 5.11 Å². The third-order valence-corrected chi connectivity index (χ3v) is 7.01. The third kappa shape index (κ3) is 2.26. The maximum absolute atomic E-state index is 11.4. The van der Waals surface area contributed by atoms with Crippen molar-refractivity contribution in [2.24, 2.45) is 0 Å². The van der Waals surface area contributed by atoms with E-state index in [9.17, 15) is 14.7 Å². The fraction of sp³-hybridized carbons (Fsp3) is 0.333. The topological polar surface area (TPSA) is 74.6 Å². The maximum Gasteiger partial charge on any atom is 0.336 e. The number of hydrogen-bond donors (Lipinski definition) is 2. The average Bonchev–Trinajstić information content (AvgIpc) is 2.60. The fourth-order valence-corrected chi connectivity index (χ4v) is 5.86. The van der Waals surface area contributed by atoms with E-state index in [-0.39, 0.29) is 15.9 Å². The van der Waals surface area contributed by atoms with Crippen LogP contribution in [-0.2, 0) is 11.2 Å². The minimum absolute atomic E-state index is 0.0423. The van der Waals surface area contributed by atoms with Crippen molar-refractivity contribution >= 4 is 35.5 Å². The quantitative estimate of drug-likeness (QED) is 0.816. The predicted molar refractivity (Wildman–Crippen MR) is 84.7 cm³/mol. The molecule has 1 fully saturated rings. The highest BCUT2D eigenvalue weighted by atomic mass is 32.2. The lowest BCUT2D eigenvalue weighted by atomic mass is 9.74. The summed E-state index contributed by atoms with van der Waals surface area (Å²) in [5.74, 6) is 0.371. The first-order chi connectivity index (χ1) is 9.94. The van der Waals surface area contributed by atoms with Gasteiger partial charge in [0.2, 0.25) is 0 Å². The lowest BCUT2D eigenvalue weighted by Gasteiger charge is -2.43. The van der Waals surface area contributed by atoms with Crippen molar-refractivity contribution in [3.63, 3.8) is 0 Å². The van der Waals surface area contributed by atoms with Crippen molar-refractivity contribution in [3.05, 3.63) is 46.5 Å². The third-order valence-electron chi connectivity index (χ3n) is 3.90. The number of hydrogen-bond acceptors (Lipinski definition) is 4. The van der Waals surface area contributed by atoms with Crippen LogP contribution in [0.25, 0.3) is 0 Å². The molecule has 0 saturated carbocycles. The summed E-state index contributed by atoms with van der Waals surface area (Å²) in [5, 5.41) is 18.5. The number of rotatable bonds is 2. The lowest BCUT2D eigenvalue weighted by molar-refractivity contribution is 0.0649. The van der Waals surface area contributed by atoms with Crippen LogP contribution in [0.2, 0.25) is 0 Å². The fourth-order valence-electron chi connectivity index (χ4n) is 2.90. The molecule has 1 aromatic rings. The van der Waals surface area contributed by atoms with Crippen LogP contribution in [0.3, 0.4) is 0 Å². The van der Waals surface area contributed by atoms with Crippen LogP contribution >= 0.6 is 23.5 Å². The Balaban J connectivity index is 2.05. The zero-order chi connectivity index (χ0) is 15.2. The molecule has 1 aromatic carbocycles. The summed E-state index contributed by atoms with van der Waals surface area (Å²) < 4.78 is -0.0827. The van der Waals surface area contributed by atoms with Gasteiger partial charge in [-0.15, -0.1) is 11.8 Å². The molecule has 1 aliphatic heterocycles. The highest BCUT2D eigenvalue weighted by Crippen LogP contribution is 2.54. The van der Waals surface area contributed by atoms with Gasteiger partial charge in [0.05, 0.1) is 15.9 Å². The Morgan fingerprint density at radius 2 is 1.95 bits per heavy atom. The molecular weight excluding hydrogens is 308 g/mol. The van der Waals surface area contributed by atoms with Crippen LogP contribution in [-0.4, -0.2) is 39.4 Å². The van der Waals surface area contributed by atoms with Crippen LogP contribution in [0.4, 0.5) is 0 Å². The summed E-state index contributed by atoms with van der Waals surface area (Å²) in [6.45, 7) is 4.02. The van der Waals surface area contributed by atoms with Crippen molar-refractivity contribution in [2.45, 2.75) is 11.2 Å². The van der Waals surface area contributed by atoms with Gasteiger partial charge in [-0.1, -0.05) is 18.2 Å². The van der Waals surface area contributed by atoms with E-state index in [1.165, 1.54) is 11.6 Å². The Labute approximate surface area is 130 Å². The molecule has 1 atom stereocenters. The average molecular weight is 322 g/mol. The van der Waals surface area contributed by atoms with Gasteiger partial charge in [-0.25, -0.2) is 9.59 Å². The van der Waals surface area contributed by atoms with Gasteiger partial charge in [-0.2, -0.15) is 11.8 Å². The SMILES string of the molecule is C=C1CSCC2(Cc3c2ccc(C(=O)O)c3C(=O)O)SC1. The molecule has 0 bridgehead atoms. The second kappa shape index (κ2) is 5.10. The van der Waals surface area contributed by atoms with Gasteiger partial charge in [0, 0.05) is 17.3 Å². The zero-order valence-corrected chi connectivity index (χ0v) is 12.9. The van der Waals surface area contributed by atoms with Crippen LogP contribution in [0.5, 0.6) is 0 Å². The monoisotopic (exact) mass is 322 g/mol. The van der Waals surface area contributed by atoms with Crippen LogP contribution in [0, 0.1) is 0 Å². The minimum atomic E-state index is -1.19. The summed E-state index contributed by atoms with van der Waals surface area (Å²) in [6.07, 6.45) is 0.621. The van der Waals surface area contributed by atoms with Gasteiger partial charge in [0.25, 0.3) is 0 Å². The number of benzene rings is 1. The maximum atomic E-state index is 11.4. The summed E-state index contributed by atoms with van der Waals surface area (Å²) >= 11 is 3.61. The van der Waals surface area contributed by atoms with E-state index in [2.05, 4.69) is 6.58 Å². The standard InChI is InChI=1S/C15H14O4S2/c1-8-5-20-7-15(21-6-8)4-10-11(15)3-2-9(13(16)17)12(10)14(18)19/h2-3H,1,4-7H2,(H,16,17)(H,18,19). The van der Waals surface area contributed by atoms with Crippen molar-refractivity contribution in [3.8, 4) is 0 Å². The number of aromatic carboxylic acids is 2. The highest BCUT2D eigenvalue weighted by Gasteiger charge is 2.47. The molecule has 4 nitrogen and oxygen atoms in total. The molecule has 1 spiro atoms. The number of carboxylic acid groups (broad SMARTS) is 2. The van der Waals surface area contributed by atoms with Gasteiger partial charge in [-0.05, 0) is 23.6 Å². The Morgan fingerprint density at radius 1 is 1.19 bits per heavy atom. The van der Waals surface area contributed by atoms with Gasteiger partial charge < -0.3 is 10.2 Å². The molecule has 110 valence electrons. The normalized spacial score (nSPS) is 24.1. The smallest absolute Gasteiger partial charge is 0.336 e. The molecule has 0 aromatic heterocycles. The van der Waals surface area contributed by atoms with Crippen molar-refractivity contribution < 1.29 is 19.8 Å². The van der Waals surface area contributed by atoms with Crippen molar-refractivity contribution in [1.29, 1.82) is 0 Å². The first kappa shape index (κ1) is 14.5. The molecule has 1 heterocycles. The van der Waals surface area contributed by atoms with Crippen LogP contribution in [0.15, 0.2) is 24.3 Å². The molecule has 2 aliphatic rings. The number of thioether (sulfide) groups is 2. The molecule has 3 rings (SSSR count). The van der Waals surface area contributed by atoms with E-state index >= 15 is 0 Å². The molecule has 1 aliphatic carbocycles. The Bertz CT molecular complexity index is 668. The van der Waals surface area contributed by atoms with Gasteiger partial charge in [-0.3, -0.25) is 0 Å². The second-order valence-corrected chi connectivity index (χ2v) is 7.67. The number of fused-ring (bicyclic) bond motifs is 2. The molecule has 1 saturated heterocycles. The van der Waals surface area contributed by atoms with Crippen LogP contribution < -0.4 is 0 Å². The van der Waals surface area contributed by atoms with Crippen molar-refractivity contribution in [2.75, 3.05) is 17.3 Å². The van der Waals surface area contributed by atoms with Crippen molar-refractivity contribution in [1.82, 2.24) is 0 Å². The zero-order valence-electron chi connectivity index (χ0n) is 11.2. The Morgan fingerprint density at radius 3 is 2.62 bits per heavy atom. The van der Waals surface area contributed by atoms with E-state index in [1.807, 2.05) is 11.8 Å². The summed E-state index contributed by atoms with van der Waals surface area (Å²) in [7, 11) is 0. The lowest BCUT2D eigenvalue weighted by Crippen LogP contribution is -2.40. The predicted octanol–water partition coefficient (Wildman–Crippen LogP) is 2.87. The van der Waals surface area contributed by atoms with Gasteiger partial charge in [0.1, 0.15) is 0 Å². The molecule has 1 unspecified atom stereocenters. The summed E-state index contributed by atoms with van der Waals surface area (Å²) in [4.78, 5) is 22.6. The van der Waals surface area contributed by atoms with Crippen LogP contribution in [0.1, 0.15) is 31.8 Å². The molecule has 6 heteroatoms. The Kier molecular flexibility index (Phi) is 3.53. The van der Waals surface area contributed by atoms with E-state index in [0.29, 0.717) is 12.0 Å². The van der Waals surface area contributed by atoms with Gasteiger partial charge >= 0.3 is 11.9 Å². The molecule has 0 amide bonds. The molecular formula is C15H14O4S2. The largest absolute Gasteiger partial charge is 0.478 e. The molecule has 0 radical (unpaired) electrons. The minimum Gasteiger partial charge on any atom is -0.478 e. The van der Waals surface area contributed by atoms with Gasteiger partial charge in [0.15, 0.2) is 0 Å². The second-order valence-electron chi connectivity index (χ2n) is 5.33. The summed E-state index contributed by atoms with van der Waals surface area (Å²) in [6, 6.07) is 3.22. The van der Waals surface area contributed by atoms with E-state index in [0.717, 1.165) is 22.8 Å². The van der Waals surface area contributed by atoms with E-state index in [1.54, 1.807) is 17.8 Å². The number of carbonyl (C=O) groups is 2. The summed E-state index contributed by atoms with van der Waals surface area (Å²) in [5.41, 5.74) is 2.70. The first-order valence-corrected chi connectivity index (χ1v) is 8.60. The Hall–Kier alpha value is -1.40. The first-order valence-electron chi connectivity index (χ1n) is 6.46. The number of carboxylic acids is 2.